The third-order valence-corrected chi connectivity index (χ3v) is 7.46. The Morgan fingerprint density at radius 1 is 0.933 bits per heavy atom. The van der Waals surface area contributed by atoms with E-state index in [1.807, 2.05) is 18.2 Å². The zero-order valence-corrected chi connectivity index (χ0v) is 17.2. The van der Waals surface area contributed by atoms with Gasteiger partial charge in [0.1, 0.15) is 5.75 Å². The molecule has 0 aromatic heterocycles. The number of benzene rings is 2. The van der Waals surface area contributed by atoms with Crippen LogP contribution in [0.25, 0.3) is 0 Å². The summed E-state index contributed by atoms with van der Waals surface area (Å²) in [7, 11) is 1.71. The highest BCUT2D eigenvalue weighted by atomic mass is 16.5. The summed E-state index contributed by atoms with van der Waals surface area (Å²) in [5.41, 5.74) is 2.72. The van der Waals surface area contributed by atoms with Gasteiger partial charge in [-0.15, -0.1) is 0 Å². The molecule has 0 saturated heterocycles. The maximum absolute atomic E-state index is 12.9. The van der Waals surface area contributed by atoms with E-state index in [4.69, 9.17) is 9.84 Å². The van der Waals surface area contributed by atoms with Crippen molar-refractivity contribution in [2.24, 2.45) is 17.8 Å². The van der Waals surface area contributed by atoms with Crippen molar-refractivity contribution in [2.75, 3.05) is 12.4 Å². The molecule has 0 heterocycles. The first kappa shape index (κ1) is 19.2. The molecular weight excluding hydrogens is 378 g/mol. The Morgan fingerprint density at radius 2 is 1.50 bits per heavy atom. The molecule has 6 rings (SSSR count). The van der Waals surface area contributed by atoms with E-state index in [-0.39, 0.29) is 16.9 Å². The Balaban J connectivity index is 1.43. The van der Waals surface area contributed by atoms with Gasteiger partial charge in [0.05, 0.1) is 12.7 Å². The highest BCUT2D eigenvalue weighted by Gasteiger charge is 2.52. The molecule has 0 radical (unpaired) electrons. The Hall–Kier alpha value is -2.82. The number of carbonyl (C=O) groups is 2. The number of hydrogen-bond acceptors (Lipinski definition) is 3. The van der Waals surface area contributed by atoms with Crippen LogP contribution in [-0.2, 0) is 5.41 Å². The number of aromatic carboxylic acids is 1. The number of ether oxygens (including phenoxy) is 1. The van der Waals surface area contributed by atoms with Crippen molar-refractivity contribution in [3.8, 4) is 5.75 Å². The summed E-state index contributed by atoms with van der Waals surface area (Å²) in [6, 6.07) is 12.0. The van der Waals surface area contributed by atoms with Gasteiger partial charge in [0.15, 0.2) is 0 Å². The number of rotatable bonds is 5. The number of hydrogen-bond donors (Lipinski definition) is 2. The Bertz CT molecular complexity index is 959. The van der Waals surface area contributed by atoms with Crippen LogP contribution in [0.15, 0.2) is 42.5 Å². The van der Waals surface area contributed by atoms with Crippen LogP contribution in [-0.4, -0.2) is 24.1 Å². The summed E-state index contributed by atoms with van der Waals surface area (Å²) >= 11 is 0. The molecule has 0 spiro atoms. The summed E-state index contributed by atoms with van der Waals surface area (Å²) in [5, 5.41) is 11.9. The Labute approximate surface area is 176 Å². The van der Waals surface area contributed by atoms with Gasteiger partial charge in [-0.25, -0.2) is 4.79 Å². The molecule has 1 amide bonds. The highest BCUT2D eigenvalue weighted by Crippen LogP contribution is 2.61. The molecule has 4 saturated carbocycles. The van der Waals surface area contributed by atoms with Crippen molar-refractivity contribution in [2.45, 2.75) is 43.9 Å². The lowest BCUT2D eigenvalue weighted by Gasteiger charge is -2.57. The second kappa shape index (κ2) is 7.15. The first-order chi connectivity index (χ1) is 14.5. The predicted molar refractivity (Wildman–Crippen MR) is 114 cm³/mol. The van der Waals surface area contributed by atoms with Gasteiger partial charge >= 0.3 is 5.97 Å². The quantitative estimate of drug-likeness (QED) is 0.724. The lowest BCUT2D eigenvalue weighted by Crippen LogP contribution is -2.48. The predicted octanol–water partition coefficient (Wildman–Crippen LogP) is 5.11. The average Bonchev–Trinajstić information content (AvgIpc) is 2.72. The lowest BCUT2D eigenvalue weighted by molar-refractivity contribution is -0.00617. The van der Waals surface area contributed by atoms with Crippen molar-refractivity contribution >= 4 is 17.6 Å². The molecule has 2 N–H and O–H groups in total. The number of carbonyl (C=O) groups excluding carboxylic acids is 1. The van der Waals surface area contributed by atoms with Gasteiger partial charge in [0, 0.05) is 16.8 Å². The van der Waals surface area contributed by atoms with E-state index in [1.165, 1.54) is 56.2 Å². The molecule has 156 valence electrons. The minimum absolute atomic E-state index is 0.138. The molecule has 2 aromatic carbocycles. The van der Waals surface area contributed by atoms with E-state index < -0.39 is 5.97 Å². The smallest absolute Gasteiger partial charge is 0.335 e. The molecule has 5 nitrogen and oxygen atoms in total. The first-order valence-electron chi connectivity index (χ1n) is 10.8. The fourth-order valence-corrected chi connectivity index (χ4v) is 6.60. The summed E-state index contributed by atoms with van der Waals surface area (Å²) in [6.07, 6.45) is 7.72. The van der Waals surface area contributed by atoms with Gasteiger partial charge in [-0.05, 0) is 104 Å². The number of carboxylic acid groups (broad SMARTS) is 1. The van der Waals surface area contributed by atoms with Crippen molar-refractivity contribution in [3.05, 3.63) is 59.2 Å². The van der Waals surface area contributed by atoms with Gasteiger partial charge in [-0.3, -0.25) is 4.79 Å². The molecule has 4 aliphatic carbocycles. The van der Waals surface area contributed by atoms with Crippen LogP contribution >= 0.6 is 0 Å². The molecule has 4 fully saturated rings. The van der Waals surface area contributed by atoms with Crippen LogP contribution in [0.3, 0.4) is 0 Å². The minimum Gasteiger partial charge on any atom is -0.496 e. The van der Waals surface area contributed by atoms with Crippen molar-refractivity contribution in [1.29, 1.82) is 0 Å². The van der Waals surface area contributed by atoms with Crippen LogP contribution in [0.5, 0.6) is 5.75 Å². The third kappa shape index (κ3) is 3.26. The highest BCUT2D eigenvalue weighted by molar-refractivity contribution is 6.04. The van der Waals surface area contributed by atoms with E-state index >= 15 is 0 Å². The maximum Gasteiger partial charge on any atom is 0.335 e. The van der Waals surface area contributed by atoms with Gasteiger partial charge in [-0.1, -0.05) is 0 Å². The number of methoxy groups -OCH3 is 1. The summed E-state index contributed by atoms with van der Waals surface area (Å²) in [5.74, 6) is 2.15. The third-order valence-electron chi connectivity index (χ3n) is 7.46. The Morgan fingerprint density at radius 3 is 2.03 bits per heavy atom. The molecule has 0 atom stereocenters. The normalized spacial score (nSPS) is 28.9. The molecule has 4 aliphatic rings. The fourth-order valence-electron chi connectivity index (χ4n) is 6.60. The second-order valence-electron chi connectivity index (χ2n) is 9.45. The molecule has 30 heavy (non-hydrogen) atoms. The molecule has 5 heteroatoms. The zero-order chi connectivity index (χ0) is 20.9. The van der Waals surface area contributed by atoms with Crippen LogP contribution in [0.4, 0.5) is 5.69 Å². The van der Waals surface area contributed by atoms with E-state index in [2.05, 4.69) is 5.32 Å². The van der Waals surface area contributed by atoms with Crippen molar-refractivity contribution in [1.82, 2.24) is 0 Å². The zero-order valence-electron chi connectivity index (χ0n) is 17.2. The molecule has 0 unspecified atom stereocenters. The minimum atomic E-state index is -0.983. The topological polar surface area (TPSA) is 75.6 Å². The van der Waals surface area contributed by atoms with Gasteiger partial charge in [-0.2, -0.15) is 0 Å². The Kier molecular flexibility index (Phi) is 4.57. The number of carboxylic acids is 1. The monoisotopic (exact) mass is 405 g/mol. The number of nitrogens with one attached hydrogen (secondary N) is 1. The lowest BCUT2D eigenvalue weighted by atomic mass is 9.48. The molecule has 0 aliphatic heterocycles. The van der Waals surface area contributed by atoms with Crippen LogP contribution in [0.1, 0.15) is 64.8 Å². The maximum atomic E-state index is 12.9. The second-order valence-corrected chi connectivity index (χ2v) is 9.45. The van der Waals surface area contributed by atoms with E-state index in [9.17, 15) is 9.59 Å². The summed E-state index contributed by atoms with van der Waals surface area (Å²) in [4.78, 5) is 24.0. The number of amides is 1. The van der Waals surface area contributed by atoms with Gasteiger partial charge in [0.25, 0.3) is 5.91 Å². The summed E-state index contributed by atoms with van der Waals surface area (Å²) < 4.78 is 5.74. The van der Waals surface area contributed by atoms with Crippen LogP contribution in [0.2, 0.25) is 0 Å². The summed E-state index contributed by atoms with van der Waals surface area (Å²) in [6.45, 7) is 0. The molecule has 2 aromatic rings. The number of anilines is 1. The average molecular weight is 405 g/mol. The SMILES string of the molecule is COc1ccc(C(=O)Nc2ccc(C(=O)O)cc2)cc1C12CC3CC(CC(C3)C1)C2. The van der Waals surface area contributed by atoms with Gasteiger partial charge in [0.2, 0.25) is 0 Å². The van der Waals surface area contributed by atoms with E-state index in [0.717, 1.165) is 23.5 Å². The standard InChI is InChI=1S/C25H27NO4/c1-30-22-7-4-19(23(27)26-20-5-2-18(3-6-20)24(28)29)11-21(22)25-12-15-8-16(13-25)10-17(9-15)14-25/h2-7,11,15-17H,8-10,12-14H2,1H3,(H,26,27)(H,28,29). The van der Waals surface area contributed by atoms with E-state index in [0.29, 0.717) is 11.3 Å². The van der Waals surface area contributed by atoms with Gasteiger partial charge < -0.3 is 15.2 Å². The molecular formula is C25H27NO4. The van der Waals surface area contributed by atoms with Crippen LogP contribution < -0.4 is 10.1 Å². The van der Waals surface area contributed by atoms with Crippen molar-refractivity contribution < 1.29 is 19.4 Å². The van der Waals surface area contributed by atoms with Crippen molar-refractivity contribution in [3.63, 3.8) is 0 Å². The largest absolute Gasteiger partial charge is 0.496 e. The molecule has 4 bridgehead atoms. The van der Waals surface area contributed by atoms with Crippen LogP contribution in [0, 0.1) is 17.8 Å². The first-order valence-corrected chi connectivity index (χ1v) is 10.8. The fraction of sp³-hybridized carbons (Fsp3) is 0.440. The van der Waals surface area contributed by atoms with E-state index in [1.54, 1.807) is 19.2 Å².